The van der Waals surface area contributed by atoms with E-state index in [9.17, 15) is 9.59 Å². The summed E-state index contributed by atoms with van der Waals surface area (Å²) in [5.41, 5.74) is 10.6. The van der Waals surface area contributed by atoms with Crippen LogP contribution in [0.3, 0.4) is 0 Å². The second-order valence-corrected chi connectivity index (χ2v) is 4.05. The van der Waals surface area contributed by atoms with Gasteiger partial charge < -0.3 is 22.1 Å². The first-order valence-electron chi connectivity index (χ1n) is 4.71. The third-order valence-corrected chi connectivity index (χ3v) is 2.81. The summed E-state index contributed by atoms with van der Waals surface area (Å²) in [6, 6.07) is 2.36. The van der Waals surface area contributed by atoms with Crippen LogP contribution in [0.25, 0.3) is 0 Å². The third kappa shape index (κ3) is 3.87. The Morgan fingerprint density at radius 2 is 2.06 bits per heavy atom. The molecule has 0 fully saturated rings. The van der Waals surface area contributed by atoms with E-state index in [1.807, 2.05) is 11.4 Å². The molecule has 1 atom stereocenters. The van der Waals surface area contributed by atoms with Crippen LogP contribution in [-0.4, -0.2) is 25.0 Å². The van der Waals surface area contributed by atoms with Crippen molar-refractivity contribution in [1.82, 2.24) is 10.6 Å². The van der Waals surface area contributed by atoms with Gasteiger partial charge in [-0.3, -0.25) is 4.79 Å². The summed E-state index contributed by atoms with van der Waals surface area (Å²) in [5.74, 6) is -0.270. The number of nitrogens with two attached hydrogens (primary N) is 2. The summed E-state index contributed by atoms with van der Waals surface area (Å²) in [6.07, 6.45) is 0. The maximum Gasteiger partial charge on any atom is 0.312 e. The lowest BCUT2D eigenvalue weighted by atomic mass is 10.2. The number of urea groups is 1. The van der Waals surface area contributed by atoms with Crippen LogP contribution in [0.15, 0.2) is 17.5 Å². The molecule has 16 heavy (non-hydrogen) atoms. The van der Waals surface area contributed by atoms with Crippen molar-refractivity contribution in [3.63, 3.8) is 0 Å². The van der Waals surface area contributed by atoms with Gasteiger partial charge in [-0.25, -0.2) is 4.79 Å². The van der Waals surface area contributed by atoms with Crippen LogP contribution in [0.5, 0.6) is 0 Å². The Bertz CT molecular complexity index is 352. The molecule has 0 saturated carbocycles. The van der Waals surface area contributed by atoms with Crippen LogP contribution >= 0.6 is 11.3 Å². The maximum atomic E-state index is 11.5. The average molecular weight is 242 g/mol. The molecule has 0 aliphatic heterocycles. The Morgan fingerprint density at radius 1 is 1.38 bits per heavy atom. The lowest BCUT2D eigenvalue weighted by molar-refractivity contribution is -0.122. The maximum absolute atomic E-state index is 11.5. The number of primary amides is 1. The Labute approximate surface area is 97.0 Å². The number of carbonyl (C=O) groups excluding carboxylic acids is 2. The average Bonchev–Trinajstić information content (AvgIpc) is 2.76. The minimum Gasteiger partial charge on any atom is -0.353 e. The first-order chi connectivity index (χ1) is 7.61. The van der Waals surface area contributed by atoms with E-state index >= 15 is 0 Å². The standard InChI is InChI=1S/C9H14N4O2S/c10-7(6-2-1-5-16-6)8(14)12-3-4-13-9(11)15/h1-2,5,7H,3-4,10H2,(H,12,14)(H3,11,13,15). The summed E-state index contributed by atoms with van der Waals surface area (Å²) in [7, 11) is 0. The number of hydrogen-bond donors (Lipinski definition) is 4. The first-order valence-corrected chi connectivity index (χ1v) is 5.59. The molecule has 0 spiro atoms. The molecule has 88 valence electrons. The summed E-state index contributed by atoms with van der Waals surface area (Å²) in [6.45, 7) is 0.596. The Kier molecular flexibility index (Phi) is 4.74. The number of thiophene rings is 1. The van der Waals surface area contributed by atoms with E-state index in [1.165, 1.54) is 11.3 Å². The molecule has 1 aromatic rings. The zero-order chi connectivity index (χ0) is 12.0. The first kappa shape index (κ1) is 12.5. The molecule has 1 rings (SSSR count). The molecule has 3 amide bonds. The zero-order valence-corrected chi connectivity index (χ0v) is 9.42. The molecular formula is C9H14N4O2S. The van der Waals surface area contributed by atoms with Gasteiger partial charge in [0.15, 0.2) is 0 Å². The van der Waals surface area contributed by atoms with Gasteiger partial charge in [0.05, 0.1) is 0 Å². The van der Waals surface area contributed by atoms with Crippen molar-refractivity contribution in [3.05, 3.63) is 22.4 Å². The lowest BCUT2D eigenvalue weighted by Crippen LogP contribution is -2.40. The third-order valence-electron chi connectivity index (χ3n) is 1.86. The van der Waals surface area contributed by atoms with E-state index in [0.717, 1.165) is 4.88 Å². The highest BCUT2D eigenvalue weighted by molar-refractivity contribution is 7.10. The van der Waals surface area contributed by atoms with Gasteiger partial charge in [0.1, 0.15) is 6.04 Å². The fourth-order valence-corrected chi connectivity index (χ4v) is 1.80. The summed E-state index contributed by atoms with van der Waals surface area (Å²) < 4.78 is 0. The predicted molar refractivity (Wildman–Crippen MR) is 61.8 cm³/mol. The number of hydrogen-bond acceptors (Lipinski definition) is 4. The molecule has 1 unspecified atom stereocenters. The summed E-state index contributed by atoms with van der Waals surface area (Å²) in [4.78, 5) is 22.7. The highest BCUT2D eigenvalue weighted by Crippen LogP contribution is 2.16. The van der Waals surface area contributed by atoms with Crippen LogP contribution in [0.1, 0.15) is 10.9 Å². The van der Waals surface area contributed by atoms with E-state index in [4.69, 9.17) is 11.5 Å². The minimum atomic E-state index is -0.659. The molecule has 6 nitrogen and oxygen atoms in total. The van der Waals surface area contributed by atoms with Gasteiger partial charge in [-0.1, -0.05) is 6.07 Å². The fourth-order valence-electron chi connectivity index (χ4n) is 1.08. The normalized spacial score (nSPS) is 11.8. The smallest absolute Gasteiger partial charge is 0.312 e. The molecule has 0 bridgehead atoms. The lowest BCUT2D eigenvalue weighted by Gasteiger charge is -2.10. The predicted octanol–water partition coefficient (Wildman–Crippen LogP) is -0.468. The second-order valence-electron chi connectivity index (χ2n) is 3.08. The van der Waals surface area contributed by atoms with Crippen LogP contribution in [0, 0.1) is 0 Å². The molecule has 0 aliphatic carbocycles. The van der Waals surface area contributed by atoms with Crippen LogP contribution in [0.2, 0.25) is 0 Å². The molecule has 0 radical (unpaired) electrons. The fraction of sp³-hybridized carbons (Fsp3) is 0.333. The molecule has 7 heteroatoms. The highest BCUT2D eigenvalue weighted by atomic mass is 32.1. The van der Waals surface area contributed by atoms with Crippen LogP contribution in [0.4, 0.5) is 4.79 Å². The van der Waals surface area contributed by atoms with E-state index in [0.29, 0.717) is 6.54 Å². The second kappa shape index (κ2) is 6.09. The molecule has 1 aromatic heterocycles. The molecule has 6 N–H and O–H groups in total. The Morgan fingerprint density at radius 3 is 2.62 bits per heavy atom. The molecule has 0 aliphatic rings. The Hall–Kier alpha value is -1.60. The summed E-state index contributed by atoms with van der Waals surface area (Å²) in [5, 5.41) is 6.82. The summed E-state index contributed by atoms with van der Waals surface area (Å²) >= 11 is 1.43. The van der Waals surface area contributed by atoms with Crippen molar-refractivity contribution in [2.45, 2.75) is 6.04 Å². The molecular weight excluding hydrogens is 228 g/mol. The number of carbonyl (C=O) groups is 2. The van der Waals surface area contributed by atoms with Crippen molar-refractivity contribution in [2.24, 2.45) is 11.5 Å². The van der Waals surface area contributed by atoms with Gasteiger partial charge in [0, 0.05) is 18.0 Å². The minimum absolute atomic E-state index is 0.270. The number of amides is 3. The van der Waals surface area contributed by atoms with Crippen molar-refractivity contribution < 1.29 is 9.59 Å². The number of nitrogens with one attached hydrogen (secondary N) is 2. The van der Waals surface area contributed by atoms with Gasteiger partial charge in [-0.05, 0) is 11.4 Å². The SMILES string of the molecule is NC(=O)NCCNC(=O)C(N)c1cccs1. The van der Waals surface area contributed by atoms with E-state index in [-0.39, 0.29) is 12.5 Å². The van der Waals surface area contributed by atoms with Gasteiger partial charge in [-0.15, -0.1) is 11.3 Å². The van der Waals surface area contributed by atoms with Gasteiger partial charge in [0.2, 0.25) is 5.91 Å². The van der Waals surface area contributed by atoms with Crippen LogP contribution < -0.4 is 22.1 Å². The Balaban J connectivity index is 2.27. The largest absolute Gasteiger partial charge is 0.353 e. The topological polar surface area (TPSA) is 110 Å². The van der Waals surface area contributed by atoms with E-state index < -0.39 is 12.1 Å². The highest BCUT2D eigenvalue weighted by Gasteiger charge is 2.15. The van der Waals surface area contributed by atoms with Crippen molar-refractivity contribution in [1.29, 1.82) is 0 Å². The van der Waals surface area contributed by atoms with E-state index in [2.05, 4.69) is 10.6 Å². The van der Waals surface area contributed by atoms with Gasteiger partial charge >= 0.3 is 6.03 Å². The quantitative estimate of drug-likeness (QED) is 0.524. The number of rotatable bonds is 5. The van der Waals surface area contributed by atoms with Crippen LogP contribution in [-0.2, 0) is 4.79 Å². The molecule has 0 saturated heterocycles. The van der Waals surface area contributed by atoms with Gasteiger partial charge in [0.25, 0.3) is 0 Å². The zero-order valence-electron chi connectivity index (χ0n) is 8.60. The monoisotopic (exact) mass is 242 g/mol. The van der Waals surface area contributed by atoms with Crippen molar-refractivity contribution in [2.75, 3.05) is 13.1 Å². The molecule has 1 heterocycles. The van der Waals surface area contributed by atoms with Crippen molar-refractivity contribution in [3.8, 4) is 0 Å². The molecule has 0 aromatic carbocycles. The van der Waals surface area contributed by atoms with E-state index in [1.54, 1.807) is 6.07 Å². The van der Waals surface area contributed by atoms with Gasteiger partial charge in [-0.2, -0.15) is 0 Å². The van der Waals surface area contributed by atoms with Crippen molar-refractivity contribution >= 4 is 23.3 Å².